The molecule has 0 aliphatic rings. The van der Waals surface area contributed by atoms with Crippen molar-refractivity contribution < 1.29 is 4.74 Å². The third-order valence-electron chi connectivity index (χ3n) is 3.78. The number of likely N-dealkylation sites (N-methyl/N-ethyl adjacent to an activating group) is 1. The van der Waals surface area contributed by atoms with Crippen molar-refractivity contribution in [3.05, 3.63) is 35.9 Å². The molecule has 0 amide bonds. The Labute approximate surface area is 117 Å². The van der Waals surface area contributed by atoms with Crippen LogP contribution in [0.1, 0.15) is 38.8 Å². The Kier molecular flexibility index (Phi) is 7.06. The molecule has 0 saturated carbocycles. The zero-order valence-corrected chi connectivity index (χ0v) is 12.7. The van der Waals surface area contributed by atoms with Crippen molar-refractivity contribution in [1.82, 2.24) is 4.90 Å². The van der Waals surface area contributed by atoms with Gasteiger partial charge in [0.15, 0.2) is 0 Å². The molecule has 3 unspecified atom stereocenters. The van der Waals surface area contributed by atoms with Crippen LogP contribution in [-0.2, 0) is 4.74 Å². The fraction of sp³-hybridized carbons (Fsp3) is 0.625. The lowest BCUT2D eigenvalue weighted by molar-refractivity contribution is 0.0621. The van der Waals surface area contributed by atoms with Crippen LogP contribution in [0.5, 0.6) is 0 Å². The number of ether oxygens (including phenoxy) is 1. The second-order valence-electron chi connectivity index (χ2n) is 5.05. The summed E-state index contributed by atoms with van der Waals surface area (Å²) in [7, 11) is 1.75. The van der Waals surface area contributed by atoms with Gasteiger partial charge in [0.1, 0.15) is 0 Å². The van der Waals surface area contributed by atoms with Crippen molar-refractivity contribution in [2.75, 3.05) is 20.3 Å². The summed E-state index contributed by atoms with van der Waals surface area (Å²) in [6.45, 7) is 8.32. The van der Waals surface area contributed by atoms with Crippen LogP contribution in [-0.4, -0.2) is 37.2 Å². The van der Waals surface area contributed by atoms with Crippen molar-refractivity contribution >= 4 is 0 Å². The van der Waals surface area contributed by atoms with Crippen LogP contribution in [0.3, 0.4) is 0 Å². The highest BCUT2D eigenvalue weighted by Crippen LogP contribution is 2.22. The average Bonchev–Trinajstić information content (AvgIpc) is 2.45. The number of rotatable bonds is 8. The molecule has 1 rings (SSSR count). The van der Waals surface area contributed by atoms with Crippen LogP contribution in [0.15, 0.2) is 30.3 Å². The van der Waals surface area contributed by atoms with Crippen LogP contribution in [0.2, 0.25) is 0 Å². The summed E-state index contributed by atoms with van der Waals surface area (Å²) in [6, 6.07) is 11.1. The van der Waals surface area contributed by atoms with E-state index >= 15 is 0 Å². The molecular weight excluding hydrogens is 236 g/mol. The minimum absolute atomic E-state index is 0.0467. The summed E-state index contributed by atoms with van der Waals surface area (Å²) in [5.74, 6) is 0. The van der Waals surface area contributed by atoms with E-state index in [4.69, 9.17) is 10.5 Å². The van der Waals surface area contributed by atoms with E-state index in [1.807, 2.05) is 6.07 Å². The molecule has 108 valence electrons. The normalized spacial score (nSPS) is 16.3. The minimum atomic E-state index is 0.0467. The van der Waals surface area contributed by atoms with E-state index in [2.05, 4.69) is 49.9 Å². The first kappa shape index (κ1) is 16.2. The molecule has 0 spiro atoms. The molecule has 0 radical (unpaired) electrons. The van der Waals surface area contributed by atoms with E-state index < -0.39 is 0 Å². The Morgan fingerprint density at radius 2 is 1.84 bits per heavy atom. The van der Waals surface area contributed by atoms with Crippen molar-refractivity contribution in [3.8, 4) is 0 Å². The van der Waals surface area contributed by atoms with E-state index in [0.717, 1.165) is 19.6 Å². The smallest absolute Gasteiger partial charge is 0.0615 e. The third-order valence-corrected chi connectivity index (χ3v) is 3.78. The first-order valence-electron chi connectivity index (χ1n) is 7.20. The fourth-order valence-corrected chi connectivity index (χ4v) is 2.80. The molecule has 0 bridgehead atoms. The molecule has 0 aromatic heterocycles. The number of methoxy groups -OCH3 is 1. The highest BCUT2D eigenvalue weighted by molar-refractivity contribution is 5.20. The van der Waals surface area contributed by atoms with E-state index in [1.165, 1.54) is 5.56 Å². The van der Waals surface area contributed by atoms with Gasteiger partial charge in [0, 0.05) is 25.2 Å². The molecule has 3 nitrogen and oxygen atoms in total. The van der Waals surface area contributed by atoms with Gasteiger partial charge in [-0.2, -0.15) is 0 Å². The zero-order chi connectivity index (χ0) is 14.3. The Hall–Kier alpha value is -0.900. The molecule has 3 heteroatoms. The van der Waals surface area contributed by atoms with Crippen molar-refractivity contribution in [2.24, 2.45) is 5.73 Å². The number of nitrogens with two attached hydrogens (primary N) is 1. The topological polar surface area (TPSA) is 38.5 Å². The van der Waals surface area contributed by atoms with Crippen LogP contribution in [0.25, 0.3) is 0 Å². The first-order valence-corrected chi connectivity index (χ1v) is 7.20. The fourth-order valence-electron chi connectivity index (χ4n) is 2.80. The van der Waals surface area contributed by atoms with Crippen molar-refractivity contribution in [1.29, 1.82) is 0 Å². The maximum Gasteiger partial charge on any atom is 0.0615 e. The highest BCUT2D eigenvalue weighted by atomic mass is 16.5. The second kappa shape index (κ2) is 8.31. The molecule has 19 heavy (non-hydrogen) atoms. The molecule has 2 N–H and O–H groups in total. The molecule has 0 saturated heterocycles. The van der Waals surface area contributed by atoms with Gasteiger partial charge in [-0.3, -0.25) is 4.90 Å². The molecule has 0 heterocycles. The van der Waals surface area contributed by atoms with Gasteiger partial charge >= 0.3 is 0 Å². The molecule has 0 aliphatic carbocycles. The number of hydrogen-bond acceptors (Lipinski definition) is 3. The monoisotopic (exact) mass is 264 g/mol. The number of benzene rings is 1. The summed E-state index contributed by atoms with van der Waals surface area (Å²) >= 11 is 0. The van der Waals surface area contributed by atoms with Crippen molar-refractivity contribution in [2.45, 2.75) is 45.3 Å². The lowest BCUT2D eigenvalue weighted by Crippen LogP contribution is -2.48. The van der Waals surface area contributed by atoms with Gasteiger partial charge < -0.3 is 10.5 Å². The Balaban J connectivity index is 2.85. The molecule has 0 aliphatic heterocycles. The van der Waals surface area contributed by atoms with Gasteiger partial charge in [-0.25, -0.2) is 0 Å². The average molecular weight is 264 g/mol. The standard InChI is InChI=1S/C16H28N2O/c1-5-15(18(6-2)13(3)12-19-4)16(17)14-10-8-7-9-11-14/h7-11,13,15-16H,5-6,12,17H2,1-4H3. The van der Waals surface area contributed by atoms with Crippen LogP contribution >= 0.6 is 0 Å². The highest BCUT2D eigenvalue weighted by Gasteiger charge is 2.26. The van der Waals surface area contributed by atoms with Crippen LogP contribution in [0, 0.1) is 0 Å². The second-order valence-corrected chi connectivity index (χ2v) is 5.05. The van der Waals surface area contributed by atoms with Crippen molar-refractivity contribution in [3.63, 3.8) is 0 Å². The molecule has 1 aromatic rings. The summed E-state index contributed by atoms with van der Waals surface area (Å²) in [5, 5.41) is 0. The van der Waals surface area contributed by atoms with E-state index in [-0.39, 0.29) is 6.04 Å². The van der Waals surface area contributed by atoms with Gasteiger partial charge in [-0.1, -0.05) is 44.2 Å². The predicted molar refractivity (Wildman–Crippen MR) is 81.2 cm³/mol. The summed E-state index contributed by atoms with van der Waals surface area (Å²) in [6.07, 6.45) is 1.04. The van der Waals surface area contributed by atoms with E-state index in [9.17, 15) is 0 Å². The van der Waals surface area contributed by atoms with Gasteiger partial charge in [-0.15, -0.1) is 0 Å². The maximum absolute atomic E-state index is 6.48. The Morgan fingerprint density at radius 1 is 1.21 bits per heavy atom. The Bertz CT molecular complexity index is 342. The number of hydrogen-bond donors (Lipinski definition) is 1. The molecule has 3 atom stereocenters. The summed E-state index contributed by atoms with van der Waals surface area (Å²) in [4.78, 5) is 2.45. The lowest BCUT2D eigenvalue weighted by atomic mass is 9.96. The lowest BCUT2D eigenvalue weighted by Gasteiger charge is -2.38. The van der Waals surface area contributed by atoms with E-state index in [0.29, 0.717) is 12.1 Å². The van der Waals surface area contributed by atoms with Crippen LogP contribution < -0.4 is 5.73 Å². The van der Waals surface area contributed by atoms with E-state index in [1.54, 1.807) is 7.11 Å². The van der Waals surface area contributed by atoms with Crippen LogP contribution in [0.4, 0.5) is 0 Å². The molecule has 1 aromatic carbocycles. The van der Waals surface area contributed by atoms with Gasteiger partial charge in [0.05, 0.1) is 6.61 Å². The summed E-state index contributed by atoms with van der Waals surface area (Å²) in [5.41, 5.74) is 7.68. The van der Waals surface area contributed by atoms with Gasteiger partial charge in [0.25, 0.3) is 0 Å². The third kappa shape index (κ3) is 4.30. The maximum atomic E-state index is 6.48. The van der Waals surface area contributed by atoms with Gasteiger partial charge in [-0.05, 0) is 25.5 Å². The molecular formula is C16H28N2O. The minimum Gasteiger partial charge on any atom is -0.383 e. The quantitative estimate of drug-likeness (QED) is 0.784. The molecule has 0 fully saturated rings. The summed E-state index contributed by atoms with van der Waals surface area (Å²) < 4.78 is 5.28. The largest absolute Gasteiger partial charge is 0.383 e. The zero-order valence-electron chi connectivity index (χ0n) is 12.7. The first-order chi connectivity index (χ1) is 9.15. The Morgan fingerprint density at radius 3 is 2.32 bits per heavy atom. The predicted octanol–water partition coefficient (Wildman–Crippen LogP) is 2.82. The SMILES string of the molecule is CCC(C(N)c1ccccc1)N(CC)C(C)COC. The van der Waals surface area contributed by atoms with Gasteiger partial charge in [0.2, 0.25) is 0 Å². The number of nitrogens with zero attached hydrogens (tertiary/aromatic N) is 1.